The molecular weight excluding hydrogens is 348 g/mol. The molecule has 23 heavy (non-hydrogen) atoms. The van der Waals surface area contributed by atoms with Crippen LogP contribution in [0.15, 0.2) is 29.3 Å². The Morgan fingerprint density at radius 2 is 1.48 bits per heavy atom. The first kappa shape index (κ1) is 17.6. The van der Waals surface area contributed by atoms with E-state index in [2.05, 4.69) is 5.32 Å². The van der Waals surface area contributed by atoms with Gasteiger partial charge in [0.2, 0.25) is 0 Å². The second-order valence-corrected chi connectivity index (χ2v) is 6.89. The molecule has 1 heterocycles. The van der Waals surface area contributed by atoms with E-state index in [0.29, 0.717) is 30.8 Å². The number of sulfone groups is 1. The van der Waals surface area contributed by atoms with Crippen molar-refractivity contribution < 1.29 is 34.8 Å². The Balaban J connectivity index is 2.41. The molecule has 1 fully saturated rings. The van der Waals surface area contributed by atoms with E-state index in [0.717, 1.165) is 5.41 Å². The monoisotopic (exact) mass is 359 g/mol. The van der Waals surface area contributed by atoms with Gasteiger partial charge in [0.25, 0.3) is 0 Å². The van der Waals surface area contributed by atoms with Gasteiger partial charge in [0.05, 0.1) is 16.9 Å². The summed E-state index contributed by atoms with van der Waals surface area (Å²) in [6.07, 6.45) is -9.54. The van der Waals surface area contributed by atoms with Crippen molar-refractivity contribution in [3.05, 3.63) is 46.0 Å². The number of benzene rings is 1. The number of nitrogens with one attached hydrogen (secondary N) is 1. The van der Waals surface area contributed by atoms with Gasteiger partial charge in [-0.3, -0.25) is 0 Å². The third-order valence-electron chi connectivity index (χ3n) is 3.08. The van der Waals surface area contributed by atoms with Gasteiger partial charge in [0, 0.05) is 24.1 Å². The predicted molar refractivity (Wildman–Crippen MR) is 69.8 cm³/mol. The highest BCUT2D eigenvalue weighted by Gasteiger charge is 2.37. The molecule has 0 aromatic heterocycles. The molecule has 0 atom stereocenters. The lowest BCUT2D eigenvalue weighted by Gasteiger charge is -2.19. The summed E-state index contributed by atoms with van der Waals surface area (Å²) < 4.78 is 99.9. The second-order valence-electron chi connectivity index (χ2n) is 5.04. The molecule has 0 unspecified atom stereocenters. The second kappa shape index (κ2) is 5.73. The van der Waals surface area contributed by atoms with Gasteiger partial charge in [0.15, 0.2) is 9.84 Å². The predicted octanol–water partition coefficient (Wildman–Crippen LogP) is 3.47. The first-order valence-corrected chi connectivity index (χ1v) is 8.04. The van der Waals surface area contributed by atoms with Gasteiger partial charge in [-0.05, 0) is 23.8 Å². The van der Waals surface area contributed by atoms with Crippen LogP contribution in [0.2, 0.25) is 0 Å². The van der Waals surface area contributed by atoms with E-state index in [-0.39, 0.29) is 6.07 Å². The van der Waals surface area contributed by atoms with E-state index in [4.69, 9.17) is 0 Å². The van der Waals surface area contributed by atoms with Crippen LogP contribution in [0.4, 0.5) is 26.3 Å². The average molecular weight is 359 g/mol. The molecule has 0 saturated carbocycles. The molecule has 3 nitrogen and oxygen atoms in total. The maximum atomic E-state index is 12.7. The van der Waals surface area contributed by atoms with Gasteiger partial charge in [-0.25, -0.2) is 8.42 Å². The third-order valence-corrected chi connectivity index (χ3v) is 4.46. The molecule has 1 aliphatic rings. The molecule has 1 N–H and O–H groups in total. The lowest BCUT2D eigenvalue weighted by atomic mass is 10.1. The molecule has 0 spiro atoms. The van der Waals surface area contributed by atoms with Crippen molar-refractivity contribution in [2.45, 2.75) is 24.5 Å². The van der Waals surface area contributed by atoms with Crippen molar-refractivity contribution in [3.8, 4) is 0 Å². The summed E-state index contributed by atoms with van der Waals surface area (Å²) in [4.78, 5) is 0. The van der Waals surface area contributed by atoms with Crippen LogP contribution in [0.25, 0.3) is 0 Å². The number of hydrogen-bond donors (Lipinski definition) is 1. The lowest BCUT2D eigenvalue weighted by molar-refractivity contribution is -0.143. The van der Waals surface area contributed by atoms with Crippen molar-refractivity contribution >= 4 is 9.84 Å². The summed E-state index contributed by atoms with van der Waals surface area (Å²) in [6.45, 7) is 0.573. The summed E-state index contributed by atoms with van der Waals surface area (Å²) in [5, 5.41) is 3.52. The SMILES string of the molecule is O=S(=O)(/C=C1\CCN1)Cc1cc(C(F)(F)F)cc(C(F)(F)F)c1. The average Bonchev–Trinajstić information content (AvgIpc) is 2.31. The van der Waals surface area contributed by atoms with Gasteiger partial charge < -0.3 is 5.32 Å². The summed E-state index contributed by atoms with van der Waals surface area (Å²) in [5.41, 5.74) is -3.25. The summed E-state index contributed by atoms with van der Waals surface area (Å²) in [7, 11) is -3.98. The maximum absolute atomic E-state index is 12.7. The zero-order chi connectivity index (χ0) is 17.5. The molecule has 128 valence electrons. The first-order chi connectivity index (χ1) is 10.4. The van der Waals surface area contributed by atoms with Crippen LogP contribution in [0.1, 0.15) is 23.1 Å². The van der Waals surface area contributed by atoms with Gasteiger partial charge >= 0.3 is 12.4 Å². The van der Waals surface area contributed by atoms with E-state index in [9.17, 15) is 34.8 Å². The van der Waals surface area contributed by atoms with Crippen LogP contribution in [0.3, 0.4) is 0 Å². The van der Waals surface area contributed by atoms with Crippen LogP contribution in [-0.2, 0) is 27.9 Å². The van der Waals surface area contributed by atoms with Crippen molar-refractivity contribution in [2.75, 3.05) is 6.54 Å². The van der Waals surface area contributed by atoms with Crippen LogP contribution >= 0.6 is 0 Å². The minimum absolute atomic E-state index is 0.0396. The van der Waals surface area contributed by atoms with Gasteiger partial charge in [0.1, 0.15) is 0 Å². The molecule has 2 rings (SSSR count). The molecule has 0 aliphatic carbocycles. The Hall–Kier alpha value is -1.71. The van der Waals surface area contributed by atoms with Gasteiger partial charge in [-0.2, -0.15) is 26.3 Å². The topological polar surface area (TPSA) is 46.2 Å². The molecule has 1 saturated heterocycles. The third kappa shape index (κ3) is 4.63. The van der Waals surface area contributed by atoms with E-state index < -0.39 is 44.6 Å². The number of alkyl halides is 6. The molecule has 1 aliphatic heterocycles. The normalized spacial score (nSPS) is 17.7. The minimum atomic E-state index is -5.01. The fourth-order valence-electron chi connectivity index (χ4n) is 1.96. The standard InChI is InChI=1S/C13H11F6NO2S/c14-12(15,16)9-3-8(4-10(5-9)13(17,18)19)6-23(21,22)7-11-1-2-20-11/h3-5,7,20H,1-2,6H2/b11-7+. The van der Waals surface area contributed by atoms with E-state index >= 15 is 0 Å². The Morgan fingerprint density at radius 3 is 1.83 bits per heavy atom. The highest BCUT2D eigenvalue weighted by Crippen LogP contribution is 2.36. The first-order valence-electron chi connectivity index (χ1n) is 6.32. The lowest BCUT2D eigenvalue weighted by Crippen LogP contribution is -2.28. The summed E-state index contributed by atoms with van der Waals surface area (Å²) in [5.74, 6) is -0.939. The van der Waals surface area contributed by atoms with Gasteiger partial charge in [-0.15, -0.1) is 0 Å². The largest absolute Gasteiger partial charge is 0.416 e. The van der Waals surface area contributed by atoms with Crippen LogP contribution in [0.5, 0.6) is 0 Å². The van der Waals surface area contributed by atoms with Crippen molar-refractivity contribution in [1.82, 2.24) is 5.32 Å². The molecule has 1 aromatic rings. The number of halogens is 6. The van der Waals surface area contributed by atoms with E-state index in [1.807, 2.05) is 0 Å². The molecule has 1 aromatic carbocycles. The Kier molecular flexibility index (Phi) is 4.40. The Morgan fingerprint density at radius 1 is 1.00 bits per heavy atom. The smallest absolute Gasteiger partial charge is 0.387 e. The van der Waals surface area contributed by atoms with E-state index in [1.54, 1.807) is 0 Å². The zero-order valence-corrected chi connectivity index (χ0v) is 12.2. The van der Waals surface area contributed by atoms with Crippen LogP contribution in [-0.4, -0.2) is 15.0 Å². The van der Waals surface area contributed by atoms with Crippen LogP contribution in [0, 0.1) is 0 Å². The molecular formula is C13H11F6NO2S. The van der Waals surface area contributed by atoms with Gasteiger partial charge in [-0.1, -0.05) is 0 Å². The van der Waals surface area contributed by atoms with E-state index in [1.165, 1.54) is 0 Å². The molecule has 0 bridgehead atoms. The molecule has 0 amide bonds. The number of hydrogen-bond acceptors (Lipinski definition) is 3. The van der Waals surface area contributed by atoms with Crippen molar-refractivity contribution in [1.29, 1.82) is 0 Å². The summed E-state index contributed by atoms with van der Waals surface area (Å²) in [6, 6.07) is 0.793. The minimum Gasteiger partial charge on any atom is -0.387 e. The summed E-state index contributed by atoms with van der Waals surface area (Å²) >= 11 is 0. The fourth-order valence-corrected chi connectivity index (χ4v) is 3.31. The highest BCUT2D eigenvalue weighted by molar-refractivity contribution is 7.93. The Labute approximate surface area is 127 Å². The maximum Gasteiger partial charge on any atom is 0.416 e. The number of rotatable bonds is 3. The van der Waals surface area contributed by atoms with Crippen molar-refractivity contribution in [3.63, 3.8) is 0 Å². The highest BCUT2D eigenvalue weighted by atomic mass is 32.2. The molecule has 0 radical (unpaired) electrons. The Bertz CT molecular complexity index is 696. The molecule has 10 heteroatoms. The van der Waals surface area contributed by atoms with Crippen molar-refractivity contribution in [2.24, 2.45) is 0 Å². The quantitative estimate of drug-likeness (QED) is 0.841. The zero-order valence-electron chi connectivity index (χ0n) is 11.4. The van der Waals surface area contributed by atoms with Crippen LogP contribution < -0.4 is 5.32 Å². The fraction of sp³-hybridized carbons (Fsp3) is 0.385.